The van der Waals surface area contributed by atoms with E-state index in [4.69, 9.17) is 5.21 Å². The van der Waals surface area contributed by atoms with E-state index in [2.05, 4.69) is 24.6 Å². The Morgan fingerprint density at radius 3 is 2.38 bits per heavy atom. The number of hydrogen-bond donors (Lipinski definition) is 3. The lowest BCUT2D eigenvalue weighted by molar-refractivity contribution is 0.167. The molecular weight excluding hydrogens is 104 g/mol. The van der Waals surface area contributed by atoms with E-state index in [0.29, 0.717) is 12.6 Å². The lowest BCUT2D eigenvalue weighted by Crippen LogP contribution is -2.30. The van der Waals surface area contributed by atoms with Crippen LogP contribution in [0.2, 0.25) is 0 Å². The number of hydroxylamine groups is 1. The van der Waals surface area contributed by atoms with Gasteiger partial charge in [0.2, 0.25) is 0 Å². The van der Waals surface area contributed by atoms with E-state index < -0.39 is 0 Å². The second-order valence-electron chi connectivity index (χ2n) is 2.02. The lowest BCUT2D eigenvalue weighted by atomic mass is 10.4. The fraction of sp³-hybridized carbons (Fsp3) is 1.00. The smallest absolute Gasteiger partial charge is 0.0332 e. The third-order valence-corrected chi connectivity index (χ3v) is 0.789. The van der Waals surface area contributed by atoms with E-state index in [1.807, 2.05) is 0 Å². The molecule has 0 aliphatic carbocycles. The number of hydrogen-bond acceptors (Lipinski definition) is 3. The molecule has 0 rings (SSSR count). The molecule has 0 spiro atoms. The van der Waals surface area contributed by atoms with Gasteiger partial charge >= 0.3 is 0 Å². The second-order valence-corrected chi connectivity index (χ2v) is 2.02. The van der Waals surface area contributed by atoms with Gasteiger partial charge in [-0.2, -0.15) is 0 Å². The van der Waals surface area contributed by atoms with Crippen LogP contribution in [0.1, 0.15) is 13.8 Å². The molecule has 0 aromatic heterocycles. The molecule has 3 nitrogen and oxygen atoms in total. The highest BCUT2D eigenvalue weighted by Crippen LogP contribution is 1.71. The molecule has 8 heavy (non-hydrogen) atoms. The fourth-order valence-corrected chi connectivity index (χ4v) is 0.417. The normalized spacial score (nSPS) is 10.5. The van der Waals surface area contributed by atoms with Crippen LogP contribution in [0.25, 0.3) is 0 Å². The maximum atomic E-state index is 8.09. The Balaban J connectivity index is 2.72. The summed E-state index contributed by atoms with van der Waals surface area (Å²) < 4.78 is 0. The van der Waals surface area contributed by atoms with Gasteiger partial charge in [-0.25, -0.2) is 5.48 Å². The van der Waals surface area contributed by atoms with Crippen molar-refractivity contribution in [2.45, 2.75) is 19.9 Å². The molecule has 0 fully saturated rings. The van der Waals surface area contributed by atoms with Gasteiger partial charge in [0.15, 0.2) is 0 Å². The molecule has 0 heterocycles. The van der Waals surface area contributed by atoms with Crippen LogP contribution in [0.3, 0.4) is 0 Å². The Morgan fingerprint density at radius 2 is 2.00 bits per heavy atom. The zero-order valence-electron chi connectivity index (χ0n) is 5.44. The van der Waals surface area contributed by atoms with Crippen LogP contribution in [-0.2, 0) is 0 Å². The Bertz CT molecular complexity index is 47.7. The van der Waals surface area contributed by atoms with Crippen molar-refractivity contribution in [3.63, 3.8) is 0 Å². The third-order valence-electron chi connectivity index (χ3n) is 0.789. The number of rotatable bonds is 4. The van der Waals surface area contributed by atoms with Crippen LogP contribution >= 0.6 is 0 Å². The van der Waals surface area contributed by atoms with Crippen LogP contribution in [0.15, 0.2) is 0 Å². The summed E-state index contributed by atoms with van der Waals surface area (Å²) in [5.41, 5.74) is 2.06. The predicted octanol–water partition coefficient (Wildman–Crippen LogP) is -0.0368. The zero-order valence-corrected chi connectivity index (χ0v) is 5.44. The highest BCUT2D eigenvalue weighted by molar-refractivity contribution is 4.51. The van der Waals surface area contributed by atoms with E-state index >= 15 is 0 Å². The molecule has 0 aliphatic heterocycles. The Morgan fingerprint density at radius 1 is 1.38 bits per heavy atom. The van der Waals surface area contributed by atoms with Gasteiger partial charge in [-0.3, -0.25) is 0 Å². The number of nitrogens with one attached hydrogen (secondary N) is 2. The van der Waals surface area contributed by atoms with Gasteiger partial charge in [-0.1, -0.05) is 13.8 Å². The summed E-state index contributed by atoms with van der Waals surface area (Å²) in [5.74, 6) is 0. The quantitative estimate of drug-likeness (QED) is 0.358. The fourth-order valence-electron chi connectivity index (χ4n) is 0.417. The van der Waals surface area contributed by atoms with Crippen molar-refractivity contribution in [1.29, 1.82) is 0 Å². The summed E-state index contributed by atoms with van der Waals surface area (Å²) in [6, 6.07) is 0.503. The van der Waals surface area contributed by atoms with E-state index in [9.17, 15) is 0 Å². The van der Waals surface area contributed by atoms with Gasteiger partial charge in [-0.05, 0) is 0 Å². The molecule has 3 heteroatoms. The van der Waals surface area contributed by atoms with Crippen molar-refractivity contribution in [1.82, 2.24) is 10.8 Å². The van der Waals surface area contributed by atoms with Gasteiger partial charge in [-0.15, -0.1) is 0 Å². The van der Waals surface area contributed by atoms with Crippen molar-refractivity contribution < 1.29 is 5.21 Å². The molecule has 0 unspecified atom stereocenters. The van der Waals surface area contributed by atoms with E-state index in [-0.39, 0.29) is 0 Å². The van der Waals surface area contributed by atoms with Gasteiger partial charge in [0.25, 0.3) is 0 Å². The molecule has 0 aromatic rings. The first-order chi connectivity index (χ1) is 3.77. The highest BCUT2D eigenvalue weighted by atomic mass is 16.5. The van der Waals surface area contributed by atoms with Crippen LogP contribution < -0.4 is 10.8 Å². The van der Waals surface area contributed by atoms with Gasteiger partial charge in [0.05, 0.1) is 0 Å². The minimum atomic E-state index is 0.503. The first-order valence-electron chi connectivity index (χ1n) is 2.87. The van der Waals surface area contributed by atoms with Crippen molar-refractivity contribution in [2.24, 2.45) is 0 Å². The van der Waals surface area contributed by atoms with E-state index in [1.165, 1.54) is 0 Å². The van der Waals surface area contributed by atoms with Gasteiger partial charge in [0.1, 0.15) is 0 Å². The van der Waals surface area contributed by atoms with Crippen LogP contribution in [0.5, 0.6) is 0 Å². The zero-order chi connectivity index (χ0) is 6.41. The molecule has 0 saturated carbocycles. The Labute approximate surface area is 50.0 Å². The molecular formula is C5H14N2O. The molecule has 0 saturated heterocycles. The Kier molecular flexibility index (Phi) is 4.95. The molecule has 3 N–H and O–H groups in total. The van der Waals surface area contributed by atoms with Crippen molar-refractivity contribution in [2.75, 3.05) is 13.1 Å². The summed E-state index contributed by atoms with van der Waals surface area (Å²) in [6.07, 6.45) is 0. The summed E-state index contributed by atoms with van der Waals surface area (Å²) in [4.78, 5) is 0. The average Bonchev–Trinajstić information content (AvgIpc) is 1.66. The maximum Gasteiger partial charge on any atom is 0.0332 e. The van der Waals surface area contributed by atoms with Crippen molar-refractivity contribution >= 4 is 0 Å². The molecule has 0 aliphatic rings. The molecule has 0 radical (unpaired) electrons. The summed E-state index contributed by atoms with van der Waals surface area (Å²) >= 11 is 0. The monoisotopic (exact) mass is 118 g/mol. The van der Waals surface area contributed by atoms with Crippen LogP contribution in [0.4, 0.5) is 0 Å². The average molecular weight is 118 g/mol. The molecule has 50 valence electrons. The second kappa shape index (κ2) is 5.03. The van der Waals surface area contributed by atoms with Crippen molar-refractivity contribution in [3.8, 4) is 0 Å². The first kappa shape index (κ1) is 7.88. The van der Waals surface area contributed by atoms with Gasteiger partial charge < -0.3 is 10.5 Å². The minimum Gasteiger partial charge on any atom is -0.317 e. The topological polar surface area (TPSA) is 44.3 Å². The van der Waals surface area contributed by atoms with Crippen LogP contribution in [-0.4, -0.2) is 24.3 Å². The van der Waals surface area contributed by atoms with Gasteiger partial charge in [0, 0.05) is 19.1 Å². The minimum absolute atomic E-state index is 0.503. The maximum absolute atomic E-state index is 8.09. The molecule has 0 atom stereocenters. The van der Waals surface area contributed by atoms with E-state index in [0.717, 1.165) is 6.54 Å². The molecule has 0 bridgehead atoms. The SMILES string of the molecule is CC(C)NCCNO. The summed E-state index contributed by atoms with van der Waals surface area (Å²) in [5, 5.41) is 11.2. The largest absolute Gasteiger partial charge is 0.317 e. The predicted molar refractivity (Wildman–Crippen MR) is 32.9 cm³/mol. The summed E-state index contributed by atoms with van der Waals surface area (Å²) in [7, 11) is 0. The third kappa shape index (κ3) is 5.88. The highest BCUT2D eigenvalue weighted by Gasteiger charge is 1.87. The molecule has 0 amide bonds. The van der Waals surface area contributed by atoms with Crippen molar-refractivity contribution in [3.05, 3.63) is 0 Å². The van der Waals surface area contributed by atoms with E-state index in [1.54, 1.807) is 0 Å². The molecule has 0 aromatic carbocycles. The standard InChI is InChI=1S/C5H14N2O/c1-5(2)6-3-4-7-8/h5-8H,3-4H2,1-2H3. The first-order valence-corrected chi connectivity index (χ1v) is 2.87. The Hall–Kier alpha value is -0.120. The summed E-state index contributed by atoms with van der Waals surface area (Å²) in [6.45, 7) is 5.56. The van der Waals surface area contributed by atoms with Crippen LogP contribution in [0, 0.1) is 0 Å². The lowest BCUT2D eigenvalue weighted by Gasteiger charge is -2.05.